The zero-order chi connectivity index (χ0) is 18.1. The van der Waals surface area contributed by atoms with E-state index < -0.39 is 0 Å². The van der Waals surface area contributed by atoms with E-state index >= 15 is 0 Å². The van der Waals surface area contributed by atoms with Crippen LogP contribution in [-0.4, -0.2) is 15.9 Å². The lowest BCUT2D eigenvalue weighted by Crippen LogP contribution is -2.12. The molecule has 0 bridgehead atoms. The highest BCUT2D eigenvalue weighted by molar-refractivity contribution is 7.21. The number of rotatable bonds is 3. The van der Waals surface area contributed by atoms with Gasteiger partial charge in [-0.05, 0) is 36.4 Å². The molecule has 4 aromatic rings. The van der Waals surface area contributed by atoms with E-state index in [1.54, 1.807) is 30.5 Å². The van der Waals surface area contributed by atoms with Crippen LogP contribution in [0.5, 0.6) is 0 Å². The second kappa shape index (κ2) is 6.74. The molecule has 3 heterocycles. The van der Waals surface area contributed by atoms with Gasteiger partial charge >= 0.3 is 0 Å². The average molecular weight is 381 g/mol. The summed E-state index contributed by atoms with van der Waals surface area (Å²) in [5, 5.41) is 4.01. The van der Waals surface area contributed by atoms with E-state index in [9.17, 15) is 4.79 Å². The van der Waals surface area contributed by atoms with E-state index in [-0.39, 0.29) is 5.91 Å². The zero-order valence-corrected chi connectivity index (χ0v) is 15.0. The number of hydrogen-bond donors (Lipinski definition) is 2. The van der Waals surface area contributed by atoms with Crippen LogP contribution in [0.4, 0.5) is 11.4 Å². The van der Waals surface area contributed by atoms with E-state index in [1.807, 2.05) is 30.3 Å². The van der Waals surface area contributed by atoms with Gasteiger partial charge in [-0.1, -0.05) is 29.8 Å². The third-order valence-electron chi connectivity index (χ3n) is 3.85. The number of anilines is 2. The predicted octanol–water partition coefficient (Wildman–Crippen LogP) is 4.85. The van der Waals surface area contributed by atoms with Gasteiger partial charge in [-0.2, -0.15) is 0 Å². The third-order valence-corrected chi connectivity index (χ3v) is 5.29. The molecule has 5 nitrogen and oxygen atoms in total. The van der Waals surface area contributed by atoms with Gasteiger partial charge in [0.1, 0.15) is 9.71 Å². The van der Waals surface area contributed by atoms with E-state index in [0.717, 1.165) is 16.8 Å². The Morgan fingerprint density at radius 2 is 1.85 bits per heavy atom. The normalized spacial score (nSPS) is 10.8. The van der Waals surface area contributed by atoms with Crippen LogP contribution in [0, 0.1) is 0 Å². The van der Waals surface area contributed by atoms with Crippen molar-refractivity contribution >= 4 is 50.4 Å². The topological polar surface area (TPSA) is 80.9 Å². The van der Waals surface area contributed by atoms with Crippen LogP contribution in [0.2, 0.25) is 5.02 Å². The highest BCUT2D eigenvalue weighted by Crippen LogP contribution is 2.34. The Kier molecular flexibility index (Phi) is 4.28. The number of nitrogen functional groups attached to an aromatic ring is 1. The molecular formula is C19H13ClN4OS. The number of halogens is 1. The Labute approximate surface area is 158 Å². The van der Waals surface area contributed by atoms with Gasteiger partial charge in [-0.25, -0.2) is 4.98 Å². The molecule has 0 aliphatic heterocycles. The molecule has 0 fully saturated rings. The van der Waals surface area contributed by atoms with Gasteiger partial charge < -0.3 is 11.1 Å². The Balaban J connectivity index is 1.71. The van der Waals surface area contributed by atoms with E-state index in [0.29, 0.717) is 26.1 Å². The Hall–Kier alpha value is -2.96. The summed E-state index contributed by atoms with van der Waals surface area (Å²) in [7, 11) is 0. The first kappa shape index (κ1) is 16.5. The molecule has 0 aliphatic carbocycles. The third kappa shape index (κ3) is 3.00. The number of benzene rings is 1. The lowest BCUT2D eigenvalue weighted by Gasteiger charge is -2.05. The maximum atomic E-state index is 12.6. The number of nitrogens with one attached hydrogen (secondary N) is 1. The van der Waals surface area contributed by atoms with Crippen molar-refractivity contribution in [1.82, 2.24) is 9.97 Å². The average Bonchev–Trinajstić information content (AvgIpc) is 3.00. The Morgan fingerprint density at radius 3 is 2.62 bits per heavy atom. The summed E-state index contributed by atoms with van der Waals surface area (Å²) in [5.74, 6) is -0.307. The summed E-state index contributed by atoms with van der Waals surface area (Å²) in [4.78, 5) is 22.6. The molecule has 0 spiro atoms. The van der Waals surface area contributed by atoms with Gasteiger partial charge in [0, 0.05) is 11.6 Å². The van der Waals surface area contributed by atoms with Crippen LogP contribution < -0.4 is 11.1 Å². The van der Waals surface area contributed by atoms with Gasteiger partial charge in [-0.15, -0.1) is 11.3 Å². The number of para-hydroxylation sites is 1. The fraction of sp³-hybridized carbons (Fsp3) is 0. The first-order valence-electron chi connectivity index (χ1n) is 7.80. The molecular weight excluding hydrogens is 368 g/mol. The van der Waals surface area contributed by atoms with Crippen molar-refractivity contribution in [3.05, 3.63) is 70.7 Å². The van der Waals surface area contributed by atoms with Crippen LogP contribution in [0.25, 0.3) is 21.6 Å². The van der Waals surface area contributed by atoms with E-state index in [4.69, 9.17) is 17.3 Å². The summed E-state index contributed by atoms with van der Waals surface area (Å²) in [6, 6.07) is 16.4. The molecule has 0 saturated heterocycles. The van der Waals surface area contributed by atoms with Crippen LogP contribution in [0.1, 0.15) is 9.67 Å². The number of amides is 1. The molecule has 26 heavy (non-hydrogen) atoms. The number of thiophene rings is 1. The summed E-state index contributed by atoms with van der Waals surface area (Å²) in [6.45, 7) is 0. The highest BCUT2D eigenvalue weighted by atomic mass is 35.5. The molecule has 0 aliphatic rings. The van der Waals surface area contributed by atoms with Gasteiger partial charge in [0.2, 0.25) is 0 Å². The molecule has 0 atom stereocenters. The number of nitrogens with zero attached hydrogens (tertiary/aromatic N) is 2. The SMILES string of the molecule is Nc1c(C(=O)Nc2ccccc2Cl)sc2nc(-c3ccccn3)ccc12. The first-order chi connectivity index (χ1) is 12.6. The molecule has 1 amide bonds. The second-order valence-corrected chi connectivity index (χ2v) is 6.95. The molecule has 7 heteroatoms. The fourth-order valence-corrected chi connectivity index (χ4v) is 3.74. The van der Waals surface area contributed by atoms with E-state index in [2.05, 4.69) is 15.3 Å². The number of carbonyl (C=O) groups excluding carboxylic acids is 1. The molecule has 0 saturated carbocycles. The predicted molar refractivity (Wildman–Crippen MR) is 107 cm³/mol. The number of aromatic nitrogens is 2. The highest BCUT2D eigenvalue weighted by Gasteiger charge is 2.18. The Bertz CT molecular complexity index is 1110. The standard InChI is InChI=1S/C19H13ClN4OS/c20-12-5-1-2-6-13(12)23-18(25)17-16(21)11-8-9-15(24-19(11)26-17)14-7-3-4-10-22-14/h1-10H,21H2,(H,23,25). The van der Waals surface area contributed by atoms with Crippen molar-refractivity contribution in [3.63, 3.8) is 0 Å². The van der Waals surface area contributed by atoms with Crippen molar-refractivity contribution in [2.75, 3.05) is 11.1 Å². The van der Waals surface area contributed by atoms with Crippen molar-refractivity contribution in [2.45, 2.75) is 0 Å². The molecule has 128 valence electrons. The van der Waals surface area contributed by atoms with Crippen molar-refractivity contribution < 1.29 is 4.79 Å². The second-order valence-electron chi connectivity index (χ2n) is 5.54. The van der Waals surface area contributed by atoms with Crippen molar-refractivity contribution in [2.24, 2.45) is 0 Å². The maximum absolute atomic E-state index is 12.6. The minimum absolute atomic E-state index is 0.307. The molecule has 3 aromatic heterocycles. The lowest BCUT2D eigenvalue weighted by molar-refractivity contribution is 0.103. The smallest absolute Gasteiger partial charge is 0.267 e. The summed E-state index contributed by atoms with van der Waals surface area (Å²) >= 11 is 7.35. The van der Waals surface area contributed by atoms with Gasteiger partial charge in [0.25, 0.3) is 5.91 Å². The van der Waals surface area contributed by atoms with Gasteiger partial charge in [-0.3, -0.25) is 9.78 Å². The first-order valence-corrected chi connectivity index (χ1v) is 8.99. The maximum Gasteiger partial charge on any atom is 0.267 e. The zero-order valence-electron chi connectivity index (χ0n) is 13.4. The number of nitrogens with two attached hydrogens (primary N) is 1. The van der Waals surface area contributed by atoms with E-state index in [1.165, 1.54) is 11.3 Å². The summed E-state index contributed by atoms with van der Waals surface area (Å²) in [6.07, 6.45) is 1.71. The van der Waals surface area contributed by atoms with Crippen LogP contribution in [0.15, 0.2) is 60.8 Å². The lowest BCUT2D eigenvalue weighted by atomic mass is 10.2. The minimum atomic E-state index is -0.307. The summed E-state index contributed by atoms with van der Waals surface area (Å²) < 4.78 is 0. The molecule has 0 unspecified atom stereocenters. The fourth-order valence-electron chi connectivity index (χ4n) is 2.56. The Morgan fingerprint density at radius 1 is 1.04 bits per heavy atom. The number of pyridine rings is 2. The molecule has 3 N–H and O–H groups in total. The van der Waals surface area contributed by atoms with Crippen LogP contribution in [0.3, 0.4) is 0 Å². The molecule has 0 radical (unpaired) electrons. The molecule has 4 rings (SSSR count). The largest absolute Gasteiger partial charge is 0.397 e. The number of carbonyl (C=O) groups is 1. The summed E-state index contributed by atoms with van der Waals surface area (Å²) in [5.41, 5.74) is 8.63. The monoisotopic (exact) mass is 380 g/mol. The van der Waals surface area contributed by atoms with Gasteiger partial charge in [0.05, 0.1) is 27.8 Å². The van der Waals surface area contributed by atoms with Crippen LogP contribution >= 0.6 is 22.9 Å². The minimum Gasteiger partial charge on any atom is -0.397 e. The molecule has 1 aromatic carbocycles. The van der Waals surface area contributed by atoms with Crippen LogP contribution in [-0.2, 0) is 0 Å². The number of hydrogen-bond acceptors (Lipinski definition) is 5. The van der Waals surface area contributed by atoms with Crippen molar-refractivity contribution in [1.29, 1.82) is 0 Å². The van der Waals surface area contributed by atoms with Crippen molar-refractivity contribution in [3.8, 4) is 11.4 Å². The van der Waals surface area contributed by atoms with Gasteiger partial charge in [0.15, 0.2) is 0 Å². The quantitative estimate of drug-likeness (QED) is 0.532. The number of fused-ring (bicyclic) bond motifs is 1.